The number of halogens is 2. The number of amides is 1. The van der Waals surface area contributed by atoms with E-state index in [1.807, 2.05) is 25.1 Å². The second kappa shape index (κ2) is 11.0. The van der Waals surface area contributed by atoms with Crippen LogP contribution in [0, 0.1) is 6.92 Å². The molecule has 0 unspecified atom stereocenters. The number of oxazole rings is 1. The van der Waals surface area contributed by atoms with E-state index in [2.05, 4.69) is 21.7 Å². The number of anilines is 2. The van der Waals surface area contributed by atoms with E-state index >= 15 is 0 Å². The van der Waals surface area contributed by atoms with Gasteiger partial charge in [-0.25, -0.2) is 18.7 Å². The lowest BCUT2D eigenvalue weighted by Crippen LogP contribution is -2.34. The number of benzene rings is 2. The quantitative estimate of drug-likeness (QED) is 0.237. The number of carbonyl (C=O) groups excluding carboxylic acids is 1. The number of methoxy groups -OCH3 is 1. The largest absolute Gasteiger partial charge is 0.495 e. The summed E-state index contributed by atoms with van der Waals surface area (Å²) in [5, 5.41) is 5.43. The summed E-state index contributed by atoms with van der Waals surface area (Å²) in [7, 11) is 1.46. The molecule has 1 fully saturated rings. The first-order chi connectivity index (χ1) is 20.2. The van der Waals surface area contributed by atoms with Crippen LogP contribution in [0.2, 0.25) is 0 Å². The Balaban J connectivity index is 1.31. The van der Waals surface area contributed by atoms with Gasteiger partial charge in [-0.1, -0.05) is 12.1 Å². The number of nitrogens with one attached hydrogen (secondary N) is 2. The van der Waals surface area contributed by atoms with Crippen LogP contribution >= 0.6 is 0 Å². The van der Waals surface area contributed by atoms with Gasteiger partial charge in [0.2, 0.25) is 11.8 Å². The third kappa shape index (κ3) is 5.77. The van der Waals surface area contributed by atoms with E-state index in [9.17, 15) is 13.6 Å². The Kier molecular flexibility index (Phi) is 7.26. The third-order valence-corrected chi connectivity index (χ3v) is 7.38. The van der Waals surface area contributed by atoms with Crippen LogP contribution in [0.5, 0.6) is 11.6 Å². The number of hydrogen-bond donors (Lipinski definition) is 2. The summed E-state index contributed by atoms with van der Waals surface area (Å²) in [5.74, 6) is -1.87. The van der Waals surface area contributed by atoms with E-state index in [4.69, 9.17) is 23.9 Å². The number of ether oxygens (including phenoxy) is 2. The van der Waals surface area contributed by atoms with Gasteiger partial charge in [-0.2, -0.15) is 4.98 Å². The van der Waals surface area contributed by atoms with Crippen molar-refractivity contribution >= 4 is 34.2 Å². The molecule has 42 heavy (non-hydrogen) atoms. The van der Waals surface area contributed by atoms with Gasteiger partial charge in [0.05, 0.1) is 30.6 Å². The second-order valence-corrected chi connectivity index (χ2v) is 10.7. The van der Waals surface area contributed by atoms with Crippen LogP contribution in [0.25, 0.3) is 16.7 Å². The first kappa shape index (κ1) is 27.6. The number of rotatable bonds is 9. The Morgan fingerprint density at radius 3 is 2.69 bits per heavy atom. The highest BCUT2D eigenvalue weighted by molar-refractivity contribution is 5.95. The number of hydrogen-bond acceptors (Lipinski definition) is 8. The van der Waals surface area contributed by atoms with Gasteiger partial charge in [0, 0.05) is 25.8 Å². The Bertz CT molecular complexity index is 1690. The van der Waals surface area contributed by atoms with Gasteiger partial charge >= 0.3 is 0 Å². The summed E-state index contributed by atoms with van der Waals surface area (Å²) >= 11 is 0. The zero-order valence-corrected chi connectivity index (χ0v) is 23.6. The van der Waals surface area contributed by atoms with Crippen molar-refractivity contribution < 1.29 is 27.5 Å². The molecular formula is C31H31F2N5O4. The van der Waals surface area contributed by atoms with E-state index in [1.54, 1.807) is 6.07 Å². The monoisotopic (exact) mass is 575 g/mol. The molecule has 11 heteroatoms. The fourth-order valence-electron chi connectivity index (χ4n) is 5.37. The Hall–Kier alpha value is -4.54. The zero-order chi connectivity index (χ0) is 29.4. The Labute approximate surface area is 241 Å². The normalized spacial score (nSPS) is 15.0. The minimum absolute atomic E-state index is 0.0703. The number of aromatic nitrogens is 3. The van der Waals surface area contributed by atoms with Crippen molar-refractivity contribution in [2.75, 3.05) is 19.0 Å². The molecule has 0 atom stereocenters. The molecule has 0 spiro atoms. The highest BCUT2D eigenvalue weighted by Gasteiger charge is 2.28. The zero-order valence-electron chi connectivity index (χ0n) is 23.6. The van der Waals surface area contributed by atoms with E-state index < -0.39 is 18.4 Å². The molecule has 4 aromatic rings. The fraction of sp³-hybridized carbons (Fsp3) is 0.355. The maximum absolute atomic E-state index is 13.2. The average Bonchev–Trinajstić information content (AvgIpc) is 3.70. The van der Waals surface area contributed by atoms with Gasteiger partial charge in [-0.05, 0) is 67.2 Å². The molecule has 6 rings (SSSR count). The summed E-state index contributed by atoms with van der Waals surface area (Å²) < 4.78 is 44.2. The molecule has 2 aromatic heterocycles. The van der Waals surface area contributed by atoms with Crippen LogP contribution in [0.1, 0.15) is 65.7 Å². The molecule has 1 amide bonds. The predicted molar refractivity (Wildman–Crippen MR) is 154 cm³/mol. The molecule has 0 aliphatic heterocycles. The predicted octanol–water partition coefficient (Wildman–Crippen LogP) is 6.37. The Morgan fingerprint density at radius 1 is 1.12 bits per heavy atom. The van der Waals surface area contributed by atoms with Crippen LogP contribution < -0.4 is 20.1 Å². The molecule has 2 aliphatic rings. The highest BCUT2D eigenvalue weighted by Crippen LogP contribution is 2.41. The van der Waals surface area contributed by atoms with E-state index in [0.29, 0.717) is 41.2 Å². The second-order valence-electron chi connectivity index (χ2n) is 10.7. The minimum atomic E-state index is -3.01. The van der Waals surface area contributed by atoms with Crippen molar-refractivity contribution in [3.05, 3.63) is 70.7 Å². The van der Waals surface area contributed by atoms with Crippen molar-refractivity contribution in [3.63, 3.8) is 0 Å². The van der Waals surface area contributed by atoms with Crippen LogP contribution in [-0.4, -0.2) is 46.5 Å². The molecule has 218 valence electrons. The van der Waals surface area contributed by atoms with Crippen molar-refractivity contribution in [1.29, 1.82) is 0 Å². The van der Waals surface area contributed by atoms with Crippen LogP contribution in [0.15, 0.2) is 46.9 Å². The summed E-state index contributed by atoms with van der Waals surface area (Å²) in [6.07, 6.45) is 6.93. The number of alkyl halides is 2. The molecule has 9 nitrogen and oxygen atoms in total. The summed E-state index contributed by atoms with van der Waals surface area (Å²) in [4.78, 5) is 26.4. The van der Waals surface area contributed by atoms with Gasteiger partial charge in [-0.3, -0.25) is 4.79 Å². The fourth-order valence-corrected chi connectivity index (χ4v) is 5.37. The molecule has 2 aromatic carbocycles. The van der Waals surface area contributed by atoms with Gasteiger partial charge in [0.15, 0.2) is 11.5 Å². The highest BCUT2D eigenvalue weighted by atomic mass is 19.3. The third-order valence-electron chi connectivity index (χ3n) is 7.38. The Morgan fingerprint density at radius 2 is 1.93 bits per heavy atom. The van der Waals surface area contributed by atoms with Gasteiger partial charge in [0.25, 0.3) is 11.8 Å². The van der Waals surface area contributed by atoms with Crippen LogP contribution in [0.3, 0.4) is 0 Å². The molecule has 0 saturated heterocycles. The summed E-state index contributed by atoms with van der Waals surface area (Å²) in [6, 6.07) is 10.6. The first-order valence-corrected chi connectivity index (χ1v) is 13.9. The van der Waals surface area contributed by atoms with Gasteiger partial charge < -0.3 is 24.5 Å². The lowest BCUT2D eigenvalue weighted by atomic mass is 10.0. The number of fused-ring (bicyclic) bond motifs is 2. The maximum atomic E-state index is 13.2. The van der Waals surface area contributed by atoms with E-state index in [0.717, 1.165) is 60.5 Å². The molecule has 0 radical (unpaired) electrons. The summed E-state index contributed by atoms with van der Waals surface area (Å²) in [6.45, 7) is 1.81. The molecular weight excluding hydrogens is 544 g/mol. The molecule has 2 aliphatic carbocycles. The number of allylic oxidation sites excluding steroid dienone is 1. The first-order valence-electron chi connectivity index (χ1n) is 13.9. The van der Waals surface area contributed by atoms with Gasteiger partial charge in [-0.15, -0.1) is 0 Å². The molecule has 0 bridgehead atoms. The molecule has 2 N–H and O–H groups in total. The van der Waals surface area contributed by atoms with Crippen LogP contribution in [0.4, 0.5) is 20.4 Å². The van der Waals surface area contributed by atoms with Gasteiger partial charge in [0.1, 0.15) is 17.4 Å². The minimum Gasteiger partial charge on any atom is -0.495 e. The van der Waals surface area contributed by atoms with E-state index in [-0.39, 0.29) is 11.7 Å². The van der Waals surface area contributed by atoms with Crippen molar-refractivity contribution in [2.45, 2.75) is 58.0 Å². The molecule has 2 heterocycles. The lowest BCUT2D eigenvalue weighted by molar-refractivity contribution is 0.0221. The van der Waals surface area contributed by atoms with E-state index in [1.165, 1.54) is 19.2 Å². The number of carbonyl (C=O) groups is 1. The van der Waals surface area contributed by atoms with Crippen molar-refractivity contribution in [1.82, 2.24) is 20.3 Å². The topological polar surface area (TPSA) is 111 Å². The maximum Gasteiger partial charge on any atom is 0.262 e. The smallest absolute Gasteiger partial charge is 0.262 e. The standard InChI is InChI=1S/C31H31F2N5O4/c1-17-35-23-11-8-18(14-26(23)41-17)21-10-13-24-27(21)29(42-20-6-4-5-7-20)38-30(37-24)36-22-12-9-19(15-25(22)40-3)28(39)34-16-31(2,32)33/h8-12,14-15,20H,4-7,13,16H2,1-3H3,(H,34,39)(H,36,37,38). The number of nitrogens with zero attached hydrogens (tertiary/aromatic N) is 3. The van der Waals surface area contributed by atoms with Crippen molar-refractivity contribution in [2.24, 2.45) is 0 Å². The van der Waals surface area contributed by atoms with Crippen molar-refractivity contribution in [3.8, 4) is 11.6 Å². The van der Waals surface area contributed by atoms with Crippen LogP contribution in [-0.2, 0) is 6.42 Å². The lowest BCUT2D eigenvalue weighted by Gasteiger charge is -2.19. The average molecular weight is 576 g/mol. The number of aryl methyl sites for hydroxylation is 1. The molecule has 1 saturated carbocycles. The SMILES string of the molecule is COc1cc(C(=O)NCC(C)(F)F)ccc1Nc1nc2c(c(OC3CCCC3)n1)C(c1ccc3nc(C)oc3c1)=CC2. The summed E-state index contributed by atoms with van der Waals surface area (Å²) in [5.41, 5.74) is 5.84.